The van der Waals surface area contributed by atoms with Gasteiger partial charge in [0.1, 0.15) is 0 Å². The monoisotopic (exact) mass is 193 g/mol. The topological polar surface area (TPSA) is 0 Å². The quantitative estimate of drug-likeness (QED) is 0.590. The van der Waals surface area contributed by atoms with Crippen molar-refractivity contribution in [3.05, 3.63) is 0 Å². The third kappa shape index (κ3) is 4.73. The van der Waals surface area contributed by atoms with Crippen LogP contribution < -0.4 is 0 Å². The summed E-state index contributed by atoms with van der Waals surface area (Å²) >= 11 is 0. The summed E-state index contributed by atoms with van der Waals surface area (Å²) in [6.45, 7) is 0.266. The fraction of sp³-hybridized carbons (Fsp3) is 0. The molecule has 6 heteroatoms. The van der Waals surface area contributed by atoms with Crippen molar-refractivity contribution in [2.24, 2.45) is 0 Å². The Bertz CT molecular complexity index is 19.2. The predicted octanol–water partition coefficient (Wildman–Crippen LogP) is 3.29. The highest BCUT2D eigenvalue weighted by molar-refractivity contribution is 8.85. The van der Waals surface area contributed by atoms with Gasteiger partial charge in [-0.3, -0.25) is 8.93 Å². The first kappa shape index (κ1) is 8.58. The maximum Gasteiger partial charge on any atom is -0.103 e. The molecule has 0 aliphatic rings. The van der Waals surface area contributed by atoms with Gasteiger partial charge < -0.3 is 7.96 Å². The SMILES string of the molecule is P[P-]P(P)PP. The van der Waals surface area contributed by atoms with Crippen molar-refractivity contribution in [2.45, 2.75) is 0 Å². The first-order chi connectivity index (χ1) is 2.81. The molecule has 0 aromatic rings. The average Bonchev–Trinajstić information content (AvgIpc) is 1.65. The van der Waals surface area contributed by atoms with Gasteiger partial charge in [-0.25, -0.2) is 6.99 Å². The van der Waals surface area contributed by atoms with E-state index < -0.39 is 0 Å². The Morgan fingerprint density at radius 3 is 2.17 bits per heavy atom. The molecule has 6 heavy (non-hydrogen) atoms. The van der Waals surface area contributed by atoms with E-state index in [9.17, 15) is 0 Å². The van der Waals surface area contributed by atoms with Crippen molar-refractivity contribution in [2.75, 3.05) is 0 Å². The molecule has 0 amide bonds. The van der Waals surface area contributed by atoms with E-state index in [0.717, 1.165) is 7.96 Å². The van der Waals surface area contributed by atoms with Crippen LogP contribution in [0.25, 0.3) is 0 Å². The van der Waals surface area contributed by atoms with Gasteiger partial charge >= 0.3 is 0 Å². The van der Waals surface area contributed by atoms with E-state index in [2.05, 4.69) is 26.8 Å². The Morgan fingerprint density at radius 2 is 2.17 bits per heavy atom. The van der Waals surface area contributed by atoms with Crippen LogP contribution in [0.5, 0.6) is 0 Å². The van der Waals surface area contributed by atoms with Gasteiger partial charge in [0.15, 0.2) is 0 Å². The molecule has 0 heterocycles. The van der Waals surface area contributed by atoms with Crippen LogP contribution >= 0.6 is 49.7 Å². The maximum atomic E-state index is 2.83. The minimum Gasteiger partial charge on any atom is -0.473 e. The molecule has 0 spiro atoms. The second-order valence-corrected chi connectivity index (χ2v) is 15.9. The van der Waals surface area contributed by atoms with Gasteiger partial charge in [0.25, 0.3) is 0 Å². The summed E-state index contributed by atoms with van der Waals surface area (Å²) in [5.74, 6) is 0. The maximum absolute atomic E-state index is 2.83. The fourth-order valence-corrected chi connectivity index (χ4v) is 8.10. The van der Waals surface area contributed by atoms with Gasteiger partial charge in [0, 0.05) is 0 Å². The normalized spacial score (nSPS) is 18.5. The molecule has 0 aromatic heterocycles. The molecule has 0 aliphatic carbocycles. The molecule has 0 N–H and O–H groups in total. The zero-order valence-corrected chi connectivity index (χ0v) is 9.38. The van der Waals surface area contributed by atoms with Gasteiger partial charge in [-0.15, -0.1) is 25.8 Å². The van der Waals surface area contributed by atoms with Crippen molar-refractivity contribution in [3.8, 4) is 0 Å². The van der Waals surface area contributed by atoms with Crippen molar-refractivity contribution in [1.82, 2.24) is 0 Å². The minimum atomic E-state index is 0.266. The van der Waals surface area contributed by atoms with E-state index in [1.165, 1.54) is 7.96 Å². The van der Waals surface area contributed by atoms with Crippen LogP contribution in [-0.4, -0.2) is 0 Å². The highest BCUT2D eigenvalue weighted by Gasteiger charge is 1.71. The van der Waals surface area contributed by atoms with E-state index in [-0.39, 0.29) is 6.99 Å². The van der Waals surface area contributed by atoms with Crippen molar-refractivity contribution in [1.29, 1.82) is 0 Å². The highest BCUT2D eigenvalue weighted by Crippen LogP contribution is 2.80. The van der Waals surface area contributed by atoms with Crippen LogP contribution in [0.1, 0.15) is 0 Å². The second-order valence-electron chi connectivity index (χ2n) is 0.589. The summed E-state index contributed by atoms with van der Waals surface area (Å²) < 4.78 is 0. The fourth-order valence-electron chi connectivity index (χ4n) is 0.0333. The average molecular weight is 193 g/mol. The molecule has 0 aromatic carbocycles. The lowest BCUT2D eigenvalue weighted by Gasteiger charge is -2.18. The first-order valence-corrected chi connectivity index (χ1v) is 11.1. The summed E-state index contributed by atoms with van der Waals surface area (Å²) in [5.41, 5.74) is 0. The Labute approximate surface area is 50.2 Å². The standard InChI is InChI=1S/H7P6/c1-4-6(3)5-2/h4H,1-3H2/q-1. The van der Waals surface area contributed by atoms with Crippen LogP contribution in [0.4, 0.5) is 0 Å². The largest absolute Gasteiger partial charge is 0.473 e. The van der Waals surface area contributed by atoms with E-state index >= 15 is 0 Å². The molecular weight excluding hydrogens is 186 g/mol. The molecule has 5 atom stereocenters. The third-order valence-corrected chi connectivity index (χ3v) is 20.8. The molecule has 5 unspecified atom stereocenters. The number of hydrogen-bond donors (Lipinski definition) is 0. The zero-order valence-electron chi connectivity index (χ0n) is 3.13. The second kappa shape index (κ2) is 5.71. The molecule has 0 saturated carbocycles. The van der Waals surface area contributed by atoms with Gasteiger partial charge in [-0.1, -0.05) is 0 Å². The van der Waals surface area contributed by atoms with Crippen LogP contribution in [0.3, 0.4) is 0 Å². The molecule has 0 nitrogen and oxygen atoms in total. The Kier molecular flexibility index (Phi) is 8.17. The lowest BCUT2D eigenvalue weighted by molar-refractivity contribution is 4.99. The molecule has 0 bridgehead atoms. The highest BCUT2D eigenvalue weighted by atomic mass is 32.9. The molecule has 0 radical (unpaired) electrons. The van der Waals surface area contributed by atoms with Crippen LogP contribution in [0.2, 0.25) is 0 Å². The molecule has 0 aliphatic heterocycles. The minimum absolute atomic E-state index is 0.266. The molecule has 0 saturated heterocycles. The van der Waals surface area contributed by atoms with Crippen molar-refractivity contribution < 1.29 is 0 Å². The lowest BCUT2D eigenvalue weighted by Crippen LogP contribution is -1.07. The van der Waals surface area contributed by atoms with Crippen molar-refractivity contribution in [3.63, 3.8) is 0 Å². The van der Waals surface area contributed by atoms with E-state index in [4.69, 9.17) is 0 Å². The number of rotatable bonds is 2. The van der Waals surface area contributed by atoms with Crippen molar-refractivity contribution >= 4 is 49.7 Å². The predicted molar refractivity (Wildman–Crippen MR) is 51.3 cm³/mol. The summed E-state index contributed by atoms with van der Waals surface area (Å²) in [6.07, 6.45) is 0. The van der Waals surface area contributed by atoms with Gasteiger partial charge in [0.2, 0.25) is 0 Å². The summed E-state index contributed by atoms with van der Waals surface area (Å²) in [4.78, 5) is 0. The smallest absolute Gasteiger partial charge is 0.103 e. The Balaban J connectivity index is 2.75. The third-order valence-electron chi connectivity index (χ3n) is 0.257. The Hall–Kier alpha value is 2.58. The van der Waals surface area contributed by atoms with Crippen LogP contribution in [0.15, 0.2) is 0 Å². The zero-order chi connectivity index (χ0) is 4.99. The summed E-state index contributed by atoms with van der Waals surface area (Å²) in [5, 5.41) is 0. The van der Waals surface area contributed by atoms with E-state index in [0.29, 0.717) is 0 Å². The summed E-state index contributed by atoms with van der Waals surface area (Å²) in [7, 11) is 10.8. The first-order valence-electron chi connectivity index (χ1n) is 1.23. The number of hydrogen-bond acceptors (Lipinski definition) is 0. The van der Waals surface area contributed by atoms with E-state index in [1.54, 1.807) is 0 Å². The molecule has 0 fully saturated rings. The van der Waals surface area contributed by atoms with Gasteiger partial charge in [0.05, 0.1) is 0 Å². The lowest BCUT2D eigenvalue weighted by atomic mass is 29.0. The molecule has 38 valence electrons. The molecular formula is H7P6-. The Morgan fingerprint density at radius 1 is 1.67 bits per heavy atom. The van der Waals surface area contributed by atoms with Gasteiger partial charge in [-0.05, 0) is 0 Å². The molecule has 0 rings (SSSR count). The van der Waals surface area contributed by atoms with E-state index in [1.807, 2.05) is 0 Å². The van der Waals surface area contributed by atoms with Crippen LogP contribution in [0, 0.1) is 0 Å². The summed E-state index contributed by atoms with van der Waals surface area (Å²) in [6, 6.07) is 0. The van der Waals surface area contributed by atoms with Gasteiger partial charge in [-0.2, -0.15) is 0 Å². The van der Waals surface area contributed by atoms with Crippen LogP contribution in [-0.2, 0) is 0 Å².